The van der Waals surface area contributed by atoms with Crippen LogP contribution in [0.1, 0.15) is 0 Å². The van der Waals surface area contributed by atoms with Crippen LogP contribution in [0, 0.1) is 0 Å². The molecule has 8 N–H and O–H groups in total. The van der Waals surface area contributed by atoms with E-state index >= 15 is 0 Å². The summed E-state index contributed by atoms with van der Waals surface area (Å²) in [7, 11) is 0. The normalized spacial score (nSPS) is 51.1. The molecule has 0 aromatic rings. The summed E-state index contributed by atoms with van der Waals surface area (Å²) in [5.74, 6) is -2.22. The Bertz CT molecular complexity index is 393. The van der Waals surface area contributed by atoms with Crippen LogP contribution in [0.25, 0.3) is 0 Å². The summed E-state index contributed by atoms with van der Waals surface area (Å²) in [4.78, 5) is 0. The van der Waals surface area contributed by atoms with E-state index < -0.39 is 74.6 Å². The molecule has 2 rings (SSSR count). The molecule has 0 radical (unpaired) electrons. The molecule has 2 saturated heterocycles. The smallest absolute Gasteiger partial charge is 0.224 e. The molecule has 136 valence electrons. The number of hydrogen-bond donors (Lipinski definition) is 8. The number of ether oxygens (including phenoxy) is 3. The van der Waals surface area contributed by atoms with Gasteiger partial charge in [-0.25, -0.2) is 0 Å². The van der Waals surface area contributed by atoms with E-state index in [1.165, 1.54) is 0 Å². The van der Waals surface area contributed by atoms with Crippen LogP contribution < -0.4 is 0 Å². The van der Waals surface area contributed by atoms with Gasteiger partial charge in [0.2, 0.25) is 5.79 Å². The molecular weight excluding hydrogens is 320 g/mol. The van der Waals surface area contributed by atoms with Crippen LogP contribution in [-0.2, 0) is 14.2 Å². The molecule has 2 aliphatic rings. The van der Waals surface area contributed by atoms with E-state index in [4.69, 9.17) is 24.4 Å². The van der Waals surface area contributed by atoms with Crippen molar-refractivity contribution < 1.29 is 55.1 Å². The molecule has 0 saturated carbocycles. The fourth-order valence-corrected chi connectivity index (χ4v) is 2.63. The Morgan fingerprint density at radius 2 is 1.39 bits per heavy atom. The number of aliphatic hydroxyl groups is 8. The van der Waals surface area contributed by atoms with Crippen molar-refractivity contribution >= 4 is 0 Å². The average molecular weight is 342 g/mol. The molecule has 11 nitrogen and oxygen atoms in total. The van der Waals surface area contributed by atoms with Gasteiger partial charge in [-0.3, -0.25) is 0 Å². The van der Waals surface area contributed by atoms with Crippen LogP contribution in [0.5, 0.6) is 0 Å². The van der Waals surface area contributed by atoms with Crippen LogP contribution in [0.15, 0.2) is 0 Å². The van der Waals surface area contributed by atoms with E-state index in [0.29, 0.717) is 0 Å². The van der Waals surface area contributed by atoms with E-state index in [-0.39, 0.29) is 0 Å². The Morgan fingerprint density at radius 3 is 1.87 bits per heavy atom. The highest BCUT2D eigenvalue weighted by Crippen LogP contribution is 2.35. The number of hydrogen-bond acceptors (Lipinski definition) is 11. The van der Waals surface area contributed by atoms with Crippen molar-refractivity contribution in [3.8, 4) is 0 Å². The topological polar surface area (TPSA) is 190 Å². The largest absolute Gasteiger partial charge is 0.394 e. The van der Waals surface area contributed by atoms with Crippen molar-refractivity contribution in [1.82, 2.24) is 0 Å². The monoisotopic (exact) mass is 342 g/mol. The molecular formula is C12H22O11. The van der Waals surface area contributed by atoms with Crippen molar-refractivity contribution in [1.29, 1.82) is 0 Å². The molecule has 4 unspecified atom stereocenters. The molecule has 0 amide bonds. The van der Waals surface area contributed by atoms with Crippen LogP contribution in [0.3, 0.4) is 0 Å². The van der Waals surface area contributed by atoms with Crippen molar-refractivity contribution in [2.75, 3.05) is 19.8 Å². The third-order valence-corrected chi connectivity index (χ3v) is 4.07. The van der Waals surface area contributed by atoms with Gasteiger partial charge in [-0.05, 0) is 0 Å². The Morgan fingerprint density at radius 1 is 0.783 bits per heavy atom. The summed E-state index contributed by atoms with van der Waals surface area (Å²) in [6, 6.07) is 0. The average Bonchev–Trinajstić information content (AvgIpc) is 2.80. The summed E-state index contributed by atoms with van der Waals surface area (Å²) in [6.07, 6.45) is -12.7. The van der Waals surface area contributed by atoms with Crippen LogP contribution in [0.2, 0.25) is 0 Å². The predicted octanol–water partition coefficient (Wildman–Crippen LogP) is -5.40. The predicted molar refractivity (Wildman–Crippen MR) is 68.6 cm³/mol. The van der Waals surface area contributed by atoms with Crippen molar-refractivity contribution in [2.45, 2.75) is 54.8 Å². The Balaban J connectivity index is 2.18. The first kappa shape index (κ1) is 18.9. The minimum atomic E-state index is -2.22. The molecule has 2 fully saturated rings. The standard InChI is InChI=1S/C12H22O11/c13-1-4-6(16)8(18)9(19)11(21-4)23-12(3-15)10(20)7(17)5(2-14)22-12/h4-11,13-20H,1-3H2/t4?,5?,6-,7?,8+,9?,10-,11-,12+/m1/s1. The summed E-state index contributed by atoms with van der Waals surface area (Å²) in [5, 5.41) is 76.7. The lowest BCUT2D eigenvalue weighted by Gasteiger charge is -2.43. The first-order valence-corrected chi connectivity index (χ1v) is 7.05. The molecule has 0 bridgehead atoms. The highest BCUT2D eigenvalue weighted by molar-refractivity contribution is 4.98. The lowest BCUT2D eigenvalue weighted by atomic mass is 9.99. The quantitative estimate of drug-likeness (QED) is 0.238. The second kappa shape index (κ2) is 7.21. The molecule has 0 aliphatic carbocycles. The summed E-state index contributed by atoms with van der Waals surface area (Å²) in [5.41, 5.74) is 0. The number of rotatable bonds is 5. The molecule has 11 heteroatoms. The highest BCUT2D eigenvalue weighted by atomic mass is 16.8. The Hall–Kier alpha value is -0.440. The fourth-order valence-electron chi connectivity index (χ4n) is 2.63. The summed E-state index contributed by atoms with van der Waals surface area (Å²) >= 11 is 0. The maximum Gasteiger partial charge on any atom is 0.224 e. The van der Waals surface area contributed by atoms with Gasteiger partial charge in [0, 0.05) is 0 Å². The van der Waals surface area contributed by atoms with E-state index in [1.54, 1.807) is 0 Å². The first-order valence-electron chi connectivity index (χ1n) is 7.05. The second-order valence-corrected chi connectivity index (χ2v) is 5.56. The van der Waals surface area contributed by atoms with Crippen LogP contribution in [0.4, 0.5) is 0 Å². The SMILES string of the molecule is OCC1O[C@@](CO)(O[C@H]2OC(CO)[C@@H](O)[C@H](O)C2O)[C@H](O)C1O. The van der Waals surface area contributed by atoms with Crippen LogP contribution in [-0.4, -0.2) is 115 Å². The molecule has 23 heavy (non-hydrogen) atoms. The Kier molecular flexibility index (Phi) is 5.92. The van der Waals surface area contributed by atoms with Gasteiger partial charge in [-0.15, -0.1) is 0 Å². The van der Waals surface area contributed by atoms with Crippen molar-refractivity contribution in [2.24, 2.45) is 0 Å². The van der Waals surface area contributed by atoms with Crippen molar-refractivity contribution in [3.63, 3.8) is 0 Å². The first-order chi connectivity index (χ1) is 10.8. The lowest BCUT2D eigenvalue weighted by Crippen LogP contribution is -2.62. The molecule has 9 atom stereocenters. The van der Waals surface area contributed by atoms with Gasteiger partial charge in [0.15, 0.2) is 6.29 Å². The van der Waals surface area contributed by atoms with Gasteiger partial charge < -0.3 is 55.1 Å². The number of aliphatic hydroxyl groups excluding tert-OH is 8. The zero-order valence-corrected chi connectivity index (χ0v) is 12.0. The second-order valence-electron chi connectivity index (χ2n) is 5.56. The molecule has 0 aromatic carbocycles. The molecule has 2 aliphatic heterocycles. The summed E-state index contributed by atoms with van der Waals surface area (Å²) < 4.78 is 15.4. The highest BCUT2D eigenvalue weighted by Gasteiger charge is 2.58. The zero-order valence-electron chi connectivity index (χ0n) is 12.0. The maximum atomic E-state index is 10.00. The van der Waals surface area contributed by atoms with E-state index in [2.05, 4.69) is 0 Å². The van der Waals surface area contributed by atoms with Crippen molar-refractivity contribution in [3.05, 3.63) is 0 Å². The van der Waals surface area contributed by atoms with Gasteiger partial charge in [-0.2, -0.15) is 0 Å². The fraction of sp³-hybridized carbons (Fsp3) is 1.00. The molecule has 0 spiro atoms. The van der Waals surface area contributed by atoms with Crippen LogP contribution >= 0.6 is 0 Å². The third kappa shape index (κ3) is 3.23. The third-order valence-electron chi connectivity index (χ3n) is 4.07. The van der Waals surface area contributed by atoms with Gasteiger partial charge in [0.1, 0.15) is 49.3 Å². The lowest BCUT2D eigenvalue weighted by molar-refractivity contribution is -0.383. The zero-order chi connectivity index (χ0) is 17.4. The Labute approximate surface area is 130 Å². The minimum absolute atomic E-state index is 0.669. The van der Waals surface area contributed by atoms with Gasteiger partial charge in [0.25, 0.3) is 0 Å². The molecule has 2 heterocycles. The van der Waals surface area contributed by atoms with Gasteiger partial charge in [0.05, 0.1) is 13.2 Å². The van der Waals surface area contributed by atoms with Gasteiger partial charge >= 0.3 is 0 Å². The molecule has 0 aromatic heterocycles. The summed E-state index contributed by atoms with van der Waals surface area (Å²) in [6.45, 7) is -2.32. The van der Waals surface area contributed by atoms with E-state index in [9.17, 15) is 30.6 Å². The minimum Gasteiger partial charge on any atom is -0.394 e. The van der Waals surface area contributed by atoms with E-state index in [0.717, 1.165) is 0 Å². The van der Waals surface area contributed by atoms with Gasteiger partial charge in [-0.1, -0.05) is 0 Å². The maximum absolute atomic E-state index is 10.00. The van der Waals surface area contributed by atoms with E-state index in [1.807, 2.05) is 0 Å².